The minimum atomic E-state index is -0.834. The summed E-state index contributed by atoms with van der Waals surface area (Å²) in [6, 6.07) is 4.49. The van der Waals surface area contributed by atoms with Crippen molar-refractivity contribution in [2.45, 2.75) is 18.6 Å². The SMILES string of the molecule is NCCC(N)C(O)c1cc(Cl)ccc1Cl. The van der Waals surface area contributed by atoms with E-state index in [2.05, 4.69) is 0 Å². The highest BCUT2D eigenvalue weighted by Crippen LogP contribution is 2.28. The molecule has 2 unspecified atom stereocenters. The standard InChI is InChI=1S/C10H14Cl2N2O/c11-6-1-2-8(12)7(5-6)10(15)9(14)3-4-13/h1-2,5,9-10,15H,3-4,13-14H2. The first-order chi connectivity index (χ1) is 7.06. The highest BCUT2D eigenvalue weighted by molar-refractivity contribution is 6.33. The number of nitrogens with two attached hydrogens (primary N) is 2. The largest absolute Gasteiger partial charge is 0.387 e. The zero-order valence-corrected chi connectivity index (χ0v) is 9.67. The molecule has 0 aromatic heterocycles. The molecule has 15 heavy (non-hydrogen) atoms. The summed E-state index contributed by atoms with van der Waals surface area (Å²) < 4.78 is 0. The molecule has 1 aromatic rings. The molecule has 0 aliphatic rings. The summed E-state index contributed by atoms with van der Waals surface area (Å²) in [5.41, 5.74) is 11.7. The molecule has 0 aliphatic carbocycles. The summed E-state index contributed by atoms with van der Waals surface area (Å²) in [5, 5.41) is 10.9. The monoisotopic (exact) mass is 248 g/mol. The number of hydrogen-bond donors (Lipinski definition) is 3. The molecular weight excluding hydrogens is 235 g/mol. The number of rotatable bonds is 4. The molecule has 1 aromatic carbocycles. The van der Waals surface area contributed by atoms with Crippen LogP contribution in [0.1, 0.15) is 18.1 Å². The molecule has 0 fully saturated rings. The van der Waals surface area contributed by atoms with Gasteiger partial charge in [0.15, 0.2) is 0 Å². The van der Waals surface area contributed by atoms with Crippen molar-refractivity contribution in [3.8, 4) is 0 Å². The predicted molar refractivity (Wildman–Crippen MR) is 63.1 cm³/mol. The second-order valence-electron chi connectivity index (χ2n) is 3.35. The van der Waals surface area contributed by atoms with Gasteiger partial charge in [0.25, 0.3) is 0 Å². The van der Waals surface area contributed by atoms with E-state index in [0.717, 1.165) is 0 Å². The van der Waals surface area contributed by atoms with Crippen molar-refractivity contribution in [3.63, 3.8) is 0 Å². The molecule has 0 radical (unpaired) electrons. The Morgan fingerprint density at radius 2 is 2.00 bits per heavy atom. The molecule has 0 saturated carbocycles. The molecule has 5 heteroatoms. The van der Waals surface area contributed by atoms with Crippen LogP contribution in [0.4, 0.5) is 0 Å². The third kappa shape index (κ3) is 3.33. The van der Waals surface area contributed by atoms with Gasteiger partial charge < -0.3 is 16.6 Å². The Balaban J connectivity index is 2.89. The Kier molecular flexibility index (Phi) is 4.83. The third-order valence-electron chi connectivity index (χ3n) is 2.18. The first-order valence-electron chi connectivity index (χ1n) is 4.65. The number of halogens is 2. The van der Waals surface area contributed by atoms with Crippen LogP contribution in [0.5, 0.6) is 0 Å². The number of aliphatic hydroxyl groups is 1. The van der Waals surface area contributed by atoms with Gasteiger partial charge in [-0.1, -0.05) is 23.2 Å². The van der Waals surface area contributed by atoms with Crippen LogP contribution in [0.2, 0.25) is 10.0 Å². The normalized spacial score (nSPS) is 15.0. The average molecular weight is 249 g/mol. The van der Waals surface area contributed by atoms with Gasteiger partial charge in [-0.3, -0.25) is 0 Å². The van der Waals surface area contributed by atoms with Gasteiger partial charge in [-0.2, -0.15) is 0 Å². The van der Waals surface area contributed by atoms with Gasteiger partial charge in [-0.05, 0) is 31.2 Å². The van der Waals surface area contributed by atoms with Crippen LogP contribution in [-0.2, 0) is 0 Å². The zero-order chi connectivity index (χ0) is 11.4. The lowest BCUT2D eigenvalue weighted by atomic mass is 10.0. The summed E-state index contributed by atoms with van der Waals surface area (Å²) in [6.07, 6.45) is -0.302. The molecule has 0 heterocycles. The van der Waals surface area contributed by atoms with Crippen LogP contribution >= 0.6 is 23.2 Å². The number of hydrogen-bond acceptors (Lipinski definition) is 3. The van der Waals surface area contributed by atoms with Crippen molar-refractivity contribution < 1.29 is 5.11 Å². The molecule has 0 amide bonds. The predicted octanol–water partition coefficient (Wildman–Crippen LogP) is 1.70. The third-order valence-corrected chi connectivity index (χ3v) is 2.76. The van der Waals surface area contributed by atoms with E-state index >= 15 is 0 Å². The summed E-state index contributed by atoms with van der Waals surface area (Å²) in [5.74, 6) is 0. The maximum Gasteiger partial charge on any atom is 0.0956 e. The fraction of sp³-hybridized carbons (Fsp3) is 0.400. The molecule has 2 atom stereocenters. The van der Waals surface area contributed by atoms with Gasteiger partial charge >= 0.3 is 0 Å². The van der Waals surface area contributed by atoms with E-state index in [1.54, 1.807) is 18.2 Å². The van der Waals surface area contributed by atoms with E-state index in [1.807, 2.05) is 0 Å². The van der Waals surface area contributed by atoms with E-state index in [1.165, 1.54) is 0 Å². The van der Waals surface area contributed by atoms with Crippen molar-refractivity contribution >= 4 is 23.2 Å². The second kappa shape index (κ2) is 5.68. The zero-order valence-electron chi connectivity index (χ0n) is 8.16. The topological polar surface area (TPSA) is 72.3 Å². The minimum absolute atomic E-state index is 0.425. The van der Waals surface area contributed by atoms with Crippen LogP contribution in [0.25, 0.3) is 0 Å². The highest BCUT2D eigenvalue weighted by Gasteiger charge is 2.18. The van der Waals surface area contributed by atoms with E-state index in [4.69, 9.17) is 34.7 Å². The van der Waals surface area contributed by atoms with E-state index in [0.29, 0.717) is 28.6 Å². The fourth-order valence-corrected chi connectivity index (χ4v) is 1.73. The van der Waals surface area contributed by atoms with Crippen molar-refractivity contribution in [2.75, 3.05) is 6.54 Å². The summed E-state index contributed by atoms with van der Waals surface area (Å²) >= 11 is 11.7. The summed E-state index contributed by atoms with van der Waals surface area (Å²) in [4.78, 5) is 0. The molecule has 0 aliphatic heterocycles. The van der Waals surface area contributed by atoms with Crippen molar-refractivity contribution in [1.29, 1.82) is 0 Å². The quantitative estimate of drug-likeness (QED) is 0.760. The van der Waals surface area contributed by atoms with Crippen LogP contribution < -0.4 is 11.5 Å². The van der Waals surface area contributed by atoms with Gasteiger partial charge in [-0.25, -0.2) is 0 Å². The highest BCUT2D eigenvalue weighted by atomic mass is 35.5. The van der Waals surface area contributed by atoms with Crippen LogP contribution in [0, 0.1) is 0 Å². The molecule has 0 bridgehead atoms. The van der Waals surface area contributed by atoms with Crippen LogP contribution in [0.15, 0.2) is 18.2 Å². The molecule has 84 valence electrons. The molecule has 0 spiro atoms. The molecule has 0 saturated heterocycles. The lowest BCUT2D eigenvalue weighted by Crippen LogP contribution is -2.30. The summed E-state index contributed by atoms with van der Waals surface area (Å²) in [6.45, 7) is 0.427. The Hall–Kier alpha value is -0.320. The number of aliphatic hydroxyl groups excluding tert-OH is 1. The van der Waals surface area contributed by atoms with Gasteiger partial charge in [0.05, 0.1) is 6.10 Å². The maximum absolute atomic E-state index is 9.90. The first kappa shape index (κ1) is 12.7. The van der Waals surface area contributed by atoms with E-state index < -0.39 is 12.1 Å². The van der Waals surface area contributed by atoms with E-state index in [-0.39, 0.29) is 0 Å². The van der Waals surface area contributed by atoms with Crippen molar-refractivity contribution in [1.82, 2.24) is 0 Å². The second-order valence-corrected chi connectivity index (χ2v) is 4.20. The summed E-state index contributed by atoms with van der Waals surface area (Å²) in [7, 11) is 0. The Labute approximate surface area is 99.0 Å². The van der Waals surface area contributed by atoms with Gasteiger partial charge in [0.2, 0.25) is 0 Å². The van der Waals surface area contributed by atoms with Gasteiger partial charge in [-0.15, -0.1) is 0 Å². The fourth-order valence-electron chi connectivity index (χ4n) is 1.32. The molecule has 5 N–H and O–H groups in total. The van der Waals surface area contributed by atoms with Crippen molar-refractivity contribution in [3.05, 3.63) is 33.8 Å². The van der Waals surface area contributed by atoms with Gasteiger partial charge in [0, 0.05) is 21.7 Å². The first-order valence-corrected chi connectivity index (χ1v) is 5.40. The van der Waals surface area contributed by atoms with Crippen LogP contribution in [0.3, 0.4) is 0 Å². The number of benzene rings is 1. The Morgan fingerprint density at radius 1 is 1.33 bits per heavy atom. The van der Waals surface area contributed by atoms with Gasteiger partial charge in [0.1, 0.15) is 0 Å². The molecular formula is C10H14Cl2N2O. The lowest BCUT2D eigenvalue weighted by molar-refractivity contribution is 0.143. The van der Waals surface area contributed by atoms with Crippen molar-refractivity contribution in [2.24, 2.45) is 11.5 Å². The lowest BCUT2D eigenvalue weighted by Gasteiger charge is -2.19. The average Bonchev–Trinajstić information content (AvgIpc) is 2.21. The van der Waals surface area contributed by atoms with E-state index in [9.17, 15) is 5.11 Å². The minimum Gasteiger partial charge on any atom is -0.387 e. The smallest absolute Gasteiger partial charge is 0.0956 e. The Bertz CT molecular complexity index is 333. The Morgan fingerprint density at radius 3 is 2.60 bits per heavy atom. The molecule has 1 rings (SSSR count). The maximum atomic E-state index is 9.90. The molecule has 3 nitrogen and oxygen atoms in total. The van der Waals surface area contributed by atoms with Crippen LogP contribution in [-0.4, -0.2) is 17.7 Å².